The molecule has 1 N–H and O–H groups in total. The minimum atomic E-state index is -3.55. The maximum atomic E-state index is 13.7. The van der Waals surface area contributed by atoms with Crippen molar-refractivity contribution in [1.29, 1.82) is 0 Å². The Morgan fingerprint density at radius 2 is 1.47 bits per heavy atom. The third-order valence-electron chi connectivity index (χ3n) is 6.71. The molecule has 1 atom stereocenters. The van der Waals surface area contributed by atoms with Gasteiger partial charge in [-0.2, -0.15) is 0 Å². The number of nitrogens with zero attached hydrogens (tertiary/aromatic N) is 2. The molecule has 0 aliphatic heterocycles. The van der Waals surface area contributed by atoms with Crippen LogP contribution in [-0.2, 0) is 32.6 Å². The van der Waals surface area contributed by atoms with Gasteiger partial charge in [0.25, 0.3) is 0 Å². The molecule has 0 aliphatic rings. The normalized spacial score (nSPS) is 12.0. The molecule has 38 heavy (non-hydrogen) atoms. The minimum absolute atomic E-state index is 0.103. The lowest BCUT2D eigenvalue weighted by Crippen LogP contribution is -2.49. The molecule has 0 radical (unpaired) electrons. The van der Waals surface area contributed by atoms with Crippen molar-refractivity contribution in [3.63, 3.8) is 0 Å². The zero-order chi connectivity index (χ0) is 27.7. The van der Waals surface area contributed by atoms with Gasteiger partial charge in [-0.1, -0.05) is 72.8 Å². The van der Waals surface area contributed by atoms with Crippen LogP contribution in [0.25, 0.3) is 0 Å². The molecule has 2 amide bonds. The van der Waals surface area contributed by atoms with Crippen molar-refractivity contribution in [2.24, 2.45) is 0 Å². The Hall–Kier alpha value is -3.65. The molecule has 3 aromatic carbocycles. The molecule has 0 saturated carbocycles. The SMILES string of the molecule is CNC(=O)[C@H](Cc1ccccc1)N(Cc1ccccc1)C(=O)CCCN(c1cccc(C)c1C)S(C)(=O)=O. The van der Waals surface area contributed by atoms with E-state index in [-0.39, 0.29) is 31.3 Å². The molecule has 3 aromatic rings. The molecule has 0 aromatic heterocycles. The van der Waals surface area contributed by atoms with Gasteiger partial charge in [0.1, 0.15) is 6.04 Å². The second-order valence-electron chi connectivity index (χ2n) is 9.48. The zero-order valence-corrected chi connectivity index (χ0v) is 23.4. The van der Waals surface area contributed by atoms with Crippen LogP contribution >= 0.6 is 0 Å². The molecule has 3 rings (SSSR count). The van der Waals surface area contributed by atoms with Gasteiger partial charge in [0.2, 0.25) is 21.8 Å². The van der Waals surface area contributed by atoms with Gasteiger partial charge in [-0.25, -0.2) is 8.42 Å². The van der Waals surface area contributed by atoms with E-state index in [2.05, 4.69) is 5.32 Å². The molecule has 202 valence electrons. The summed E-state index contributed by atoms with van der Waals surface area (Å²) < 4.78 is 26.7. The molecule has 7 nitrogen and oxygen atoms in total. The molecule has 0 heterocycles. The van der Waals surface area contributed by atoms with E-state index in [0.717, 1.165) is 22.3 Å². The smallest absolute Gasteiger partial charge is 0.242 e. The number of anilines is 1. The molecule has 0 aliphatic carbocycles. The number of hydrogen-bond donors (Lipinski definition) is 1. The van der Waals surface area contributed by atoms with Crippen molar-refractivity contribution in [3.8, 4) is 0 Å². The fourth-order valence-electron chi connectivity index (χ4n) is 4.49. The van der Waals surface area contributed by atoms with Crippen molar-refractivity contribution in [3.05, 3.63) is 101 Å². The van der Waals surface area contributed by atoms with Gasteiger partial charge in [0.15, 0.2) is 0 Å². The molecule has 0 saturated heterocycles. The third kappa shape index (κ3) is 7.68. The van der Waals surface area contributed by atoms with Crippen molar-refractivity contribution < 1.29 is 18.0 Å². The van der Waals surface area contributed by atoms with Gasteiger partial charge in [0.05, 0.1) is 11.9 Å². The van der Waals surface area contributed by atoms with Crippen LogP contribution in [0.2, 0.25) is 0 Å². The van der Waals surface area contributed by atoms with Crippen LogP contribution < -0.4 is 9.62 Å². The number of carbonyl (C=O) groups is 2. The number of carbonyl (C=O) groups excluding carboxylic acids is 2. The Bertz CT molecular complexity index is 1330. The number of rotatable bonds is 12. The van der Waals surface area contributed by atoms with Crippen molar-refractivity contribution in [2.45, 2.75) is 45.7 Å². The first-order valence-electron chi connectivity index (χ1n) is 12.7. The number of likely N-dealkylation sites (N-methyl/N-ethyl adjacent to an activating group) is 1. The van der Waals surface area contributed by atoms with Gasteiger partial charge in [-0.15, -0.1) is 0 Å². The second-order valence-corrected chi connectivity index (χ2v) is 11.4. The fourth-order valence-corrected chi connectivity index (χ4v) is 5.50. The van der Waals surface area contributed by atoms with Gasteiger partial charge < -0.3 is 10.2 Å². The van der Waals surface area contributed by atoms with Gasteiger partial charge in [-0.3, -0.25) is 13.9 Å². The van der Waals surface area contributed by atoms with Gasteiger partial charge in [0, 0.05) is 33.0 Å². The summed E-state index contributed by atoms with van der Waals surface area (Å²) in [5.74, 6) is -0.445. The third-order valence-corrected chi connectivity index (χ3v) is 7.89. The van der Waals surface area contributed by atoms with E-state index in [1.54, 1.807) is 18.0 Å². The molecule has 0 bridgehead atoms. The van der Waals surface area contributed by atoms with Crippen LogP contribution in [0, 0.1) is 13.8 Å². The highest BCUT2D eigenvalue weighted by Crippen LogP contribution is 2.25. The average molecular weight is 536 g/mol. The van der Waals surface area contributed by atoms with E-state index in [1.165, 1.54) is 10.6 Å². The Balaban J connectivity index is 1.84. The molecule has 8 heteroatoms. The highest BCUT2D eigenvalue weighted by Gasteiger charge is 2.30. The van der Waals surface area contributed by atoms with E-state index in [1.807, 2.05) is 86.6 Å². The highest BCUT2D eigenvalue weighted by molar-refractivity contribution is 7.92. The summed E-state index contributed by atoms with van der Waals surface area (Å²) in [6.45, 7) is 4.28. The van der Waals surface area contributed by atoms with Crippen LogP contribution in [0.4, 0.5) is 5.69 Å². The number of sulfonamides is 1. The Morgan fingerprint density at radius 1 is 0.868 bits per heavy atom. The van der Waals surface area contributed by atoms with Crippen molar-refractivity contribution in [2.75, 3.05) is 24.2 Å². The Morgan fingerprint density at radius 3 is 2.05 bits per heavy atom. The summed E-state index contributed by atoms with van der Waals surface area (Å²) in [6, 6.07) is 24.0. The fraction of sp³-hybridized carbons (Fsp3) is 0.333. The Labute approximate surface area is 226 Å². The van der Waals surface area contributed by atoms with Crippen LogP contribution in [0.1, 0.15) is 35.1 Å². The van der Waals surface area contributed by atoms with Crippen LogP contribution in [0.3, 0.4) is 0 Å². The number of hydrogen-bond acceptors (Lipinski definition) is 4. The standard InChI is InChI=1S/C30H37N3O4S/c1-23-13-11-18-27(24(23)2)33(38(4,36)37)20-12-19-29(34)32(22-26-16-9-6-10-17-26)28(30(35)31-3)21-25-14-7-5-8-15-25/h5-11,13-18,28H,12,19-22H2,1-4H3,(H,31,35)/t28-/m0/s1. The van der Waals surface area contributed by atoms with Crippen LogP contribution in [0.5, 0.6) is 0 Å². The lowest BCUT2D eigenvalue weighted by molar-refractivity contribution is -0.141. The lowest BCUT2D eigenvalue weighted by atomic mass is 10.0. The number of aryl methyl sites for hydroxylation is 1. The largest absolute Gasteiger partial charge is 0.357 e. The summed E-state index contributed by atoms with van der Waals surface area (Å²) in [5, 5.41) is 2.71. The highest BCUT2D eigenvalue weighted by atomic mass is 32.2. The quantitative estimate of drug-likeness (QED) is 0.376. The monoisotopic (exact) mass is 535 g/mol. The molecular formula is C30H37N3O4S. The van der Waals surface area contributed by atoms with Crippen LogP contribution in [-0.4, -0.2) is 51.0 Å². The maximum Gasteiger partial charge on any atom is 0.242 e. The number of amides is 2. The molecule has 0 unspecified atom stereocenters. The van der Waals surface area contributed by atoms with Crippen molar-refractivity contribution >= 4 is 27.5 Å². The first-order chi connectivity index (χ1) is 18.1. The van der Waals surface area contributed by atoms with E-state index in [9.17, 15) is 18.0 Å². The van der Waals surface area contributed by atoms with Gasteiger partial charge in [-0.05, 0) is 48.6 Å². The maximum absolute atomic E-state index is 13.7. The second kappa shape index (κ2) is 13.2. The van der Waals surface area contributed by atoms with Crippen molar-refractivity contribution in [1.82, 2.24) is 10.2 Å². The number of nitrogens with one attached hydrogen (secondary N) is 1. The first-order valence-corrected chi connectivity index (χ1v) is 14.6. The summed E-state index contributed by atoms with van der Waals surface area (Å²) in [6.07, 6.45) is 1.97. The Kier molecular flexibility index (Phi) is 10.1. The summed E-state index contributed by atoms with van der Waals surface area (Å²) in [7, 11) is -1.98. The van der Waals surface area contributed by atoms with Crippen LogP contribution in [0.15, 0.2) is 78.9 Å². The number of benzene rings is 3. The minimum Gasteiger partial charge on any atom is -0.357 e. The topological polar surface area (TPSA) is 86.8 Å². The van der Waals surface area contributed by atoms with Gasteiger partial charge >= 0.3 is 0 Å². The van der Waals surface area contributed by atoms with E-state index < -0.39 is 16.1 Å². The summed E-state index contributed by atoms with van der Waals surface area (Å²) in [5.41, 5.74) is 4.36. The lowest BCUT2D eigenvalue weighted by Gasteiger charge is -2.31. The zero-order valence-electron chi connectivity index (χ0n) is 22.6. The summed E-state index contributed by atoms with van der Waals surface area (Å²) >= 11 is 0. The molecular weight excluding hydrogens is 498 g/mol. The van der Waals surface area contributed by atoms with E-state index in [0.29, 0.717) is 18.5 Å². The first kappa shape index (κ1) is 28.9. The molecule has 0 fully saturated rings. The molecule has 0 spiro atoms. The van der Waals surface area contributed by atoms with E-state index in [4.69, 9.17) is 0 Å². The predicted molar refractivity (Wildman–Crippen MR) is 152 cm³/mol. The van der Waals surface area contributed by atoms with E-state index >= 15 is 0 Å². The predicted octanol–water partition coefficient (Wildman–Crippen LogP) is 4.24. The average Bonchev–Trinajstić information content (AvgIpc) is 2.90. The summed E-state index contributed by atoms with van der Waals surface area (Å²) in [4.78, 5) is 28.3.